The predicted octanol–water partition coefficient (Wildman–Crippen LogP) is 3.80. The van der Waals surface area contributed by atoms with Crippen molar-refractivity contribution in [2.24, 2.45) is 0 Å². The summed E-state index contributed by atoms with van der Waals surface area (Å²) in [6.07, 6.45) is 0. The highest BCUT2D eigenvalue weighted by Crippen LogP contribution is 2.16. The lowest BCUT2D eigenvalue weighted by Gasteiger charge is -2.05. The van der Waals surface area contributed by atoms with Crippen LogP contribution in [0.5, 0.6) is 0 Å². The molecule has 1 unspecified atom stereocenters. The molecule has 0 radical (unpaired) electrons. The van der Waals surface area contributed by atoms with Gasteiger partial charge in [0, 0.05) is 27.1 Å². The minimum absolute atomic E-state index is 0.0222. The Hall–Kier alpha value is -1.70. The highest BCUT2D eigenvalue weighted by atomic mass is 35.5. The van der Waals surface area contributed by atoms with Gasteiger partial charge in [0.25, 0.3) is 0 Å². The van der Waals surface area contributed by atoms with Crippen molar-refractivity contribution in [1.29, 1.82) is 5.26 Å². The van der Waals surface area contributed by atoms with Gasteiger partial charge >= 0.3 is 0 Å². The zero-order valence-electron chi connectivity index (χ0n) is 10.5. The van der Waals surface area contributed by atoms with E-state index in [0.717, 1.165) is 5.56 Å². The molecular formula is C15H11ClFNOS. The molecule has 5 heteroatoms. The summed E-state index contributed by atoms with van der Waals surface area (Å²) in [6, 6.07) is 13.4. The molecule has 0 aliphatic rings. The summed E-state index contributed by atoms with van der Waals surface area (Å²) < 4.78 is 25.9. The van der Waals surface area contributed by atoms with Crippen LogP contribution in [0.4, 0.5) is 4.39 Å². The highest BCUT2D eigenvalue weighted by molar-refractivity contribution is 7.83. The summed E-state index contributed by atoms with van der Waals surface area (Å²) in [5.74, 6) is -0.170. The Bertz CT molecular complexity index is 679. The fourth-order valence-electron chi connectivity index (χ4n) is 1.77. The first kappa shape index (κ1) is 14.7. The third-order valence-electron chi connectivity index (χ3n) is 2.76. The fourth-order valence-corrected chi connectivity index (χ4v) is 3.13. The summed E-state index contributed by atoms with van der Waals surface area (Å²) in [7, 11) is -1.24. The third kappa shape index (κ3) is 3.66. The van der Waals surface area contributed by atoms with Gasteiger partial charge < -0.3 is 0 Å². The van der Waals surface area contributed by atoms with Crippen molar-refractivity contribution in [3.05, 3.63) is 70.0 Å². The van der Waals surface area contributed by atoms with Crippen LogP contribution in [0, 0.1) is 17.1 Å². The first-order chi connectivity index (χ1) is 9.60. The molecule has 0 heterocycles. The van der Waals surface area contributed by atoms with Crippen molar-refractivity contribution in [3.63, 3.8) is 0 Å². The number of halogens is 2. The molecule has 0 bridgehead atoms. The molecule has 2 rings (SSSR count). The lowest BCUT2D eigenvalue weighted by atomic mass is 10.1. The van der Waals surface area contributed by atoms with Gasteiger partial charge in [-0.05, 0) is 23.8 Å². The van der Waals surface area contributed by atoms with Crippen LogP contribution in [0.25, 0.3) is 0 Å². The Morgan fingerprint density at radius 1 is 1.15 bits per heavy atom. The van der Waals surface area contributed by atoms with Gasteiger partial charge in [0.05, 0.1) is 11.3 Å². The van der Waals surface area contributed by atoms with E-state index >= 15 is 0 Å². The van der Waals surface area contributed by atoms with E-state index in [1.54, 1.807) is 42.5 Å². The summed E-state index contributed by atoms with van der Waals surface area (Å²) in [5.41, 5.74) is 1.16. The standard InChI is InChI=1S/C15H11ClFNOS/c16-14-6-4-11(5-7-14)9-20(19)10-13-3-1-2-12(8-18)15(13)17/h1-7H,9-10H2. The number of hydrogen-bond donors (Lipinski definition) is 0. The van der Waals surface area contributed by atoms with Crippen LogP contribution in [0.15, 0.2) is 42.5 Å². The van der Waals surface area contributed by atoms with Crippen molar-refractivity contribution in [3.8, 4) is 6.07 Å². The number of rotatable bonds is 4. The molecule has 0 aliphatic heterocycles. The van der Waals surface area contributed by atoms with Gasteiger partial charge in [-0.15, -0.1) is 0 Å². The van der Waals surface area contributed by atoms with Gasteiger partial charge in [0.15, 0.2) is 0 Å². The minimum Gasteiger partial charge on any atom is -0.259 e. The van der Waals surface area contributed by atoms with Crippen LogP contribution < -0.4 is 0 Å². The molecule has 0 saturated heterocycles. The first-order valence-electron chi connectivity index (χ1n) is 5.87. The summed E-state index contributed by atoms with van der Waals surface area (Å²) in [6.45, 7) is 0. The average Bonchev–Trinajstić information content (AvgIpc) is 2.44. The molecule has 0 fully saturated rings. The number of nitriles is 1. The van der Waals surface area contributed by atoms with E-state index in [2.05, 4.69) is 0 Å². The maximum absolute atomic E-state index is 13.9. The molecule has 0 aliphatic carbocycles. The second-order valence-electron chi connectivity index (χ2n) is 4.25. The molecule has 20 heavy (non-hydrogen) atoms. The van der Waals surface area contributed by atoms with E-state index in [1.807, 2.05) is 0 Å². The van der Waals surface area contributed by atoms with Crippen LogP contribution in [-0.2, 0) is 22.3 Å². The van der Waals surface area contributed by atoms with Crippen molar-refractivity contribution >= 4 is 22.4 Å². The molecule has 0 aromatic heterocycles. The Labute approximate surface area is 124 Å². The summed E-state index contributed by atoms with van der Waals surface area (Å²) in [4.78, 5) is 0. The van der Waals surface area contributed by atoms with Crippen LogP contribution in [0.1, 0.15) is 16.7 Å². The third-order valence-corrected chi connectivity index (χ3v) is 4.30. The lowest BCUT2D eigenvalue weighted by Crippen LogP contribution is -2.02. The molecule has 2 aromatic rings. The molecule has 2 nitrogen and oxygen atoms in total. The van der Waals surface area contributed by atoms with Crippen molar-refractivity contribution < 1.29 is 8.60 Å². The largest absolute Gasteiger partial charge is 0.259 e. The lowest BCUT2D eigenvalue weighted by molar-refractivity contribution is 0.611. The monoisotopic (exact) mass is 307 g/mol. The molecule has 0 spiro atoms. The van der Waals surface area contributed by atoms with E-state index in [-0.39, 0.29) is 11.3 Å². The maximum atomic E-state index is 13.9. The maximum Gasteiger partial charge on any atom is 0.145 e. The molecule has 0 N–H and O–H groups in total. The Morgan fingerprint density at radius 3 is 2.50 bits per heavy atom. The predicted molar refractivity (Wildman–Crippen MR) is 78.1 cm³/mol. The van der Waals surface area contributed by atoms with Crippen LogP contribution in [0.3, 0.4) is 0 Å². The van der Waals surface area contributed by atoms with E-state index in [1.165, 1.54) is 6.07 Å². The van der Waals surface area contributed by atoms with Crippen molar-refractivity contribution in [2.75, 3.05) is 0 Å². The molecule has 2 aromatic carbocycles. The van der Waals surface area contributed by atoms with Gasteiger partial charge in [-0.1, -0.05) is 35.9 Å². The number of nitrogens with zero attached hydrogens (tertiary/aromatic N) is 1. The summed E-state index contributed by atoms with van der Waals surface area (Å²) >= 11 is 5.78. The van der Waals surface area contributed by atoms with Crippen molar-refractivity contribution in [2.45, 2.75) is 11.5 Å². The minimum atomic E-state index is -1.24. The molecule has 102 valence electrons. The van der Waals surface area contributed by atoms with E-state index in [0.29, 0.717) is 16.3 Å². The first-order valence-corrected chi connectivity index (χ1v) is 7.73. The molecule has 1 atom stereocenters. The summed E-state index contributed by atoms with van der Waals surface area (Å²) in [5, 5.41) is 9.38. The van der Waals surface area contributed by atoms with Crippen LogP contribution in [0.2, 0.25) is 5.02 Å². The second-order valence-corrected chi connectivity index (χ2v) is 6.14. The van der Waals surface area contributed by atoms with Gasteiger partial charge in [-0.3, -0.25) is 4.21 Å². The normalized spacial score (nSPS) is 11.8. The van der Waals surface area contributed by atoms with Crippen molar-refractivity contribution in [1.82, 2.24) is 0 Å². The number of hydrogen-bond acceptors (Lipinski definition) is 2. The topological polar surface area (TPSA) is 40.9 Å². The molecule has 0 saturated carbocycles. The molecular weight excluding hydrogens is 297 g/mol. The molecule has 0 amide bonds. The zero-order chi connectivity index (χ0) is 14.5. The van der Waals surface area contributed by atoms with Gasteiger partial charge in [-0.2, -0.15) is 5.26 Å². The van der Waals surface area contributed by atoms with E-state index in [9.17, 15) is 8.60 Å². The average molecular weight is 308 g/mol. The van der Waals surface area contributed by atoms with Crippen LogP contribution in [-0.4, -0.2) is 4.21 Å². The van der Waals surface area contributed by atoms with Gasteiger partial charge in [0.1, 0.15) is 11.9 Å². The van der Waals surface area contributed by atoms with Crippen LogP contribution >= 0.6 is 11.6 Å². The zero-order valence-corrected chi connectivity index (χ0v) is 12.0. The second kappa shape index (κ2) is 6.65. The van der Waals surface area contributed by atoms with Gasteiger partial charge in [0.2, 0.25) is 0 Å². The fraction of sp³-hybridized carbons (Fsp3) is 0.133. The van der Waals surface area contributed by atoms with Gasteiger partial charge in [-0.25, -0.2) is 4.39 Å². The quantitative estimate of drug-likeness (QED) is 0.862. The Morgan fingerprint density at radius 2 is 1.85 bits per heavy atom. The van der Waals surface area contributed by atoms with E-state index < -0.39 is 16.6 Å². The number of benzene rings is 2. The Kier molecular flexibility index (Phi) is 4.89. The smallest absolute Gasteiger partial charge is 0.145 e. The highest BCUT2D eigenvalue weighted by Gasteiger charge is 2.11. The van der Waals surface area contributed by atoms with E-state index in [4.69, 9.17) is 16.9 Å². The Balaban J connectivity index is 2.09. The SMILES string of the molecule is N#Cc1cccc(CS(=O)Cc2ccc(Cl)cc2)c1F.